The van der Waals surface area contributed by atoms with Crippen LogP contribution in [0.2, 0.25) is 0 Å². The van der Waals surface area contributed by atoms with Crippen LogP contribution in [0.25, 0.3) is 0 Å². The number of amides is 5. The zero-order valence-corrected chi connectivity index (χ0v) is 8.34. The summed E-state index contributed by atoms with van der Waals surface area (Å²) in [6.45, 7) is 0. The summed E-state index contributed by atoms with van der Waals surface area (Å²) in [7, 11) is 0. The molecular formula is C9H12N4O3. The molecule has 0 aliphatic carbocycles. The number of carbonyl (C=O) groups excluding carboxylic acids is 3. The van der Waals surface area contributed by atoms with Gasteiger partial charge in [0.2, 0.25) is 0 Å². The van der Waals surface area contributed by atoms with E-state index in [9.17, 15) is 9.59 Å². The van der Waals surface area contributed by atoms with Crippen LogP contribution in [-0.2, 0) is 0 Å². The number of nitrogens with two attached hydrogens (primary N) is 3. The Morgan fingerprint density at radius 2 is 1.38 bits per heavy atom. The lowest BCUT2D eigenvalue weighted by Gasteiger charge is -1.98. The van der Waals surface area contributed by atoms with Gasteiger partial charge in [0.25, 0.3) is 5.91 Å². The SMILES string of the molecule is NC(=O)NC(=O)c1ccccc1.NC(N)=O. The summed E-state index contributed by atoms with van der Waals surface area (Å²) in [6, 6.07) is 6.70. The number of imide groups is 1. The smallest absolute Gasteiger partial charge is 0.319 e. The maximum atomic E-state index is 11.0. The molecule has 7 N–H and O–H groups in total. The molecule has 1 aromatic carbocycles. The van der Waals surface area contributed by atoms with Crippen LogP contribution in [0.4, 0.5) is 9.59 Å². The molecule has 0 atom stereocenters. The standard InChI is InChI=1S/C8H8N2O2.CH4N2O/c9-8(12)10-7(11)6-4-2-1-3-5-6;2-1(3)4/h1-5H,(H3,9,10,11,12);(H4,2,3,4). The molecule has 0 unspecified atom stereocenters. The fourth-order valence-corrected chi connectivity index (χ4v) is 0.774. The Labute approximate surface area is 91.6 Å². The maximum absolute atomic E-state index is 11.0. The normalized spacial score (nSPS) is 8.25. The van der Waals surface area contributed by atoms with E-state index >= 15 is 0 Å². The highest BCUT2D eigenvalue weighted by molar-refractivity contribution is 6.03. The molecule has 7 heteroatoms. The number of primary amides is 3. The molecule has 1 rings (SSSR count). The fourth-order valence-electron chi connectivity index (χ4n) is 0.774. The Morgan fingerprint density at radius 3 is 1.75 bits per heavy atom. The number of hydrogen-bond acceptors (Lipinski definition) is 3. The lowest BCUT2D eigenvalue weighted by molar-refractivity contribution is 0.0966. The predicted octanol–water partition coefficient (Wildman–Crippen LogP) is -0.481. The van der Waals surface area contributed by atoms with Gasteiger partial charge in [-0.25, -0.2) is 9.59 Å². The molecule has 0 saturated carbocycles. The number of carbonyl (C=O) groups is 3. The molecule has 0 radical (unpaired) electrons. The zero-order chi connectivity index (χ0) is 12.6. The van der Waals surface area contributed by atoms with Gasteiger partial charge in [-0.2, -0.15) is 0 Å². The van der Waals surface area contributed by atoms with Gasteiger partial charge in [0, 0.05) is 5.56 Å². The highest BCUT2D eigenvalue weighted by Crippen LogP contribution is 1.96. The molecule has 0 heterocycles. The van der Waals surface area contributed by atoms with Crippen molar-refractivity contribution in [3.63, 3.8) is 0 Å². The van der Waals surface area contributed by atoms with Crippen molar-refractivity contribution in [2.75, 3.05) is 0 Å². The van der Waals surface area contributed by atoms with Crippen molar-refractivity contribution in [3.05, 3.63) is 35.9 Å². The topological polar surface area (TPSA) is 141 Å². The van der Waals surface area contributed by atoms with E-state index < -0.39 is 18.0 Å². The highest BCUT2D eigenvalue weighted by Gasteiger charge is 2.05. The van der Waals surface area contributed by atoms with E-state index in [4.69, 9.17) is 10.5 Å². The summed E-state index contributed by atoms with van der Waals surface area (Å²) in [4.78, 5) is 30.3. The van der Waals surface area contributed by atoms with Gasteiger partial charge >= 0.3 is 12.1 Å². The first-order valence-corrected chi connectivity index (χ1v) is 4.14. The van der Waals surface area contributed by atoms with E-state index in [1.807, 2.05) is 5.32 Å². The number of urea groups is 2. The monoisotopic (exact) mass is 224 g/mol. The third kappa shape index (κ3) is 6.89. The summed E-state index contributed by atoms with van der Waals surface area (Å²) in [6.07, 6.45) is 0. The summed E-state index contributed by atoms with van der Waals surface area (Å²) in [5, 5.41) is 1.96. The molecule has 0 bridgehead atoms. The molecule has 7 nitrogen and oxygen atoms in total. The lowest BCUT2D eigenvalue weighted by Crippen LogP contribution is -2.34. The van der Waals surface area contributed by atoms with E-state index in [1.54, 1.807) is 30.3 Å². The quantitative estimate of drug-likeness (QED) is 0.511. The number of benzene rings is 1. The lowest BCUT2D eigenvalue weighted by atomic mass is 10.2. The molecular weight excluding hydrogens is 212 g/mol. The van der Waals surface area contributed by atoms with Gasteiger partial charge in [-0.05, 0) is 12.1 Å². The Kier molecular flexibility index (Phi) is 5.73. The van der Waals surface area contributed by atoms with E-state index in [0.717, 1.165) is 0 Å². The van der Waals surface area contributed by atoms with Gasteiger partial charge < -0.3 is 17.2 Å². The molecule has 16 heavy (non-hydrogen) atoms. The average molecular weight is 224 g/mol. The number of rotatable bonds is 1. The van der Waals surface area contributed by atoms with Crippen LogP contribution in [0.1, 0.15) is 10.4 Å². The Bertz CT molecular complexity index is 374. The zero-order valence-electron chi connectivity index (χ0n) is 8.34. The van der Waals surface area contributed by atoms with Crippen molar-refractivity contribution in [1.82, 2.24) is 5.32 Å². The van der Waals surface area contributed by atoms with Crippen LogP contribution in [0.15, 0.2) is 30.3 Å². The first-order valence-electron chi connectivity index (χ1n) is 4.14. The van der Waals surface area contributed by atoms with Crippen molar-refractivity contribution < 1.29 is 14.4 Å². The molecule has 0 aliphatic heterocycles. The Morgan fingerprint density at radius 1 is 0.938 bits per heavy atom. The number of nitrogens with one attached hydrogen (secondary N) is 1. The first kappa shape index (κ1) is 13.4. The second-order valence-electron chi connectivity index (χ2n) is 2.59. The van der Waals surface area contributed by atoms with Crippen LogP contribution in [0, 0.1) is 0 Å². The van der Waals surface area contributed by atoms with Crippen LogP contribution in [0.3, 0.4) is 0 Å². The third-order valence-corrected chi connectivity index (χ3v) is 1.27. The van der Waals surface area contributed by atoms with Crippen LogP contribution in [-0.4, -0.2) is 18.0 Å². The summed E-state index contributed by atoms with van der Waals surface area (Å²) < 4.78 is 0. The molecule has 0 saturated heterocycles. The van der Waals surface area contributed by atoms with E-state index in [0.29, 0.717) is 5.56 Å². The van der Waals surface area contributed by atoms with Gasteiger partial charge in [0.15, 0.2) is 0 Å². The van der Waals surface area contributed by atoms with Crippen molar-refractivity contribution in [1.29, 1.82) is 0 Å². The minimum absolute atomic E-state index is 0.413. The third-order valence-electron chi connectivity index (χ3n) is 1.27. The highest BCUT2D eigenvalue weighted by atomic mass is 16.2. The Balaban J connectivity index is 0.000000487. The van der Waals surface area contributed by atoms with Gasteiger partial charge in [-0.15, -0.1) is 0 Å². The predicted molar refractivity (Wildman–Crippen MR) is 57.3 cm³/mol. The molecule has 0 spiro atoms. The summed E-state index contributed by atoms with van der Waals surface area (Å²) in [5.41, 5.74) is 13.7. The van der Waals surface area contributed by atoms with E-state index in [1.165, 1.54) is 0 Å². The van der Waals surface area contributed by atoms with Gasteiger partial charge in [-0.1, -0.05) is 18.2 Å². The van der Waals surface area contributed by atoms with E-state index in [2.05, 4.69) is 11.5 Å². The summed E-state index contributed by atoms with van der Waals surface area (Å²) >= 11 is 0. The van der Waals surface area contributed by atoms with Crippen molar-refractivity contribution >= 4 is 18.0 Å². The van der Waals surface area contributed by atoms with Crippen LogP contribution < -0.4 is 22.5 Å². The van der Waals surface area contributed by atoms with Crippen molar-refractivity contribution in [2.24, 2.45) is 17.2 Å². The van der Waals surface area contributed by atoms with E-state index in [-0.39, 0.29) is 0 Å². The molecule has 0 aliphatic rings. The first-order chi connectivity index (χ1) is 7.43. The number of hydrogen-bond donors (Lipinski definition) is 4. The molecule has 0 aromatic heterocycles. The fraction of sp³-hybridized carbons (Fsp3) is 0. The average Bonchev–Trinajstić information content (AvgIpc) is 2.17. The van der Waals surface area contributed by atoms with Crippen LogP contribution in [0.5, 0.6) is 0 Å². The minimum Gasteiger partial charge on any atom is -0.352 e. The van der Waals surface area contributed by atoms with Crippen LogP contribution >= 0.6 is 0 Å². The Hall–Kier alpha value is -2.57. The molecule has 5 amide bonds. The van der Waals surface area contributed by atoms with Crippen molar-refractivity contribution in [3.8, 4) is 0 Å². The maximum Gasteiger partial charge on any atom is 0.319 e. The second kappa shape index (κ2) is 6.82. The van der Waals surface area contributed by atoms with Gasteiger partial charge in [0.1, 0.15) is 0 Å². The second-order valence-corrected chi connectivity index (χ2v) is 2.59. The molecule has 0 fully saturated rings. The van der Waals surface area contributed by atoms with Crippen molar-refractivity contribution in [2.45, 2.75) is 0 Å². The van der Waals surface area contributed by atoms with Gasteiger partial charge in [0.05, 0.1) is 0 Å². The van der Waals surface area contributed by atoms with Gasteiger partial charge in [-0.3, -0.25) is 10.1 Å². The molecule has 86 valence electrons. The molecule has 1 aromatic rings. The largest absolute Gasteiger partial charge is 0.352 e. The summed E-state index contributed by atoms with van der Waals surface area (Å²) in [5.74, 6) is -0.483. The minimum atomic E-state index is -0.844.